The third-order valence-electron chi connectivity index (χ3n) is 5.01. The molecule has 2 heterocycles. The second kappa shape index (κ2) is 8.00. The molecule has 1 aliphatic carbocycles. The summed E-state index contributed by atoms with van der Waals surface area (Å²) in [7, 11) is -2.60. The first kappa shape index (κ1) is 20.5. The average molecular weight is 430 g/mol. The number of ether oxygens (including phenoxy) is 1. The zero-order valence-electron chi connectivity index (χ0n) is 15.2. The summed E-state index contributed by atoms with van der Waals surface area (Å²) in [5, 5.41) is 11.4. The van der Waals surface area contributed by atoms with Crippen molar-refractivity contribution in [3.05, 3.63) is 38.2 Å². The van der Waals surface area contributed by atoms with Crippen LogP contribution in [0.25, 0.3) is 0 Å². The van der Waals surface area contributed by atoms with Gasteiger partial charge >= 0.3 is 5.97 Å². The van der Waals surface area contributed by atoms with Crippen LogP contribution in [-0.2, 0) is 20.2 Å². The molecule has 2 N–H and O–H groups in total. The van der Waals surface area contributed by atoms with Crippen LogP contribution in [0.3, 0.4) is 0 Å². The summed E-state index contributed by atoms with van der Waals surface area (Å²) >= 11 is 2.59. The second-order valence-electron chi connectivity index (χ2n) is 6.80. The first-order valence-electron chi connectivity index (χ1n) is 8.73. The van der Waals surface area contributed by atoms with Gasteiger partial charge in [0.15, 0.2) is 0 Å². The fraction of sp³-hybridized carbons (Fsp3) is 0.500. The van der Waals surface area contributed by atoms with Crippen molar-refractivity contribution in [2.24, 2.45) is 0 Å². The smallest absolute Gasteiger partial charge is 0.349 e. The monoisotopic (exact) mass is 429 g/mol. The summed E-state index contributed by atoms with van der Waals surface area (Å²) in [5.74, 6) is -0.652. The molecule has 1 atom stereocenters. The number of thiophene rings is 2. The number of aliphatic hydroxyl groups is 1. The number of carbonyl (C=O) groups is 1. The van der Waals surface area contributed by atoms with Crippen molar-refractivity contribution in [1.82, 2.24) is 4.72 Å². The minimum atomic E-state index is -3.83. The highest BCUT2D eigenvalue weighted by Gasteiger charge is 2.38. The molecule has 0 aromatic carbocycles. The molecular weight excluding hydrogens is 406 g/mol. The Kier molecular flexibility index (Phi) is 6.07. The van der Waals surface area contributed by atoms with Crippen LogP contribution in [0.4, 0.5) is 0 Å². The van der Waals surface area contributed by atoms with E-state index in [1.165, 1.54) is 24.5 Å². The lowest BCUT2D eigenvalue weighted by atomic mass is 9.85. The van der Waals surface area contributed by atoms with Crippen molar-refractivity contribution < 1.29 is 23.1 Å². The summed E-state index contributed by atoms with van der Waals surface area (Å²) in [5.41, 5.74) is -0.272. The van der Waals surface area contributed by atoms with Crippen LogP contribution in [0.15, 0.2) is 28.5 Å². The van der Waals surface area contributed by atoms with E-state index in [1.54, 1.807) is 12.3 Å². The quantitative estimate of drug-likeness (QED) is 0.658. The molecular formula is C18H23NO5S3. The van der Waals surface area contributed by atoms with Gasteiger partial charge in [0.1, 0.15) is 9.77 Å². The van der Waals surface area contributed by atoms with Gasteiger partial charge in [-0.1, -0.05) is 12.8 Å². The van der Waals surface area contributed by atoms with Crippen LogP contribution in [0, 0.1) is 0 Å². The molecule has 9 heteroatoms. The van der Waals surface area contributed by atoms with Crippen LogP contribution in [0.2, 0.25) is 0 Å². The summed E-state index contributed by atoms with van der Waals surface area (Å²) in [4.78, 5) is 13.8. The third kappa shape index (κ3) is 4.12. The SMILES string of the molecule is COC(=O)c1sccc1S(=O)(=O)NCC1(c2ccc(C(C)O)s2)CCCC1. The molecule has 0 spiro atoms. The highest BCUT2D eigenvalue weighted by molar-refractivity contribution is 7.89. The van der Waals surface area contributed by atoms with Gasteiger partial charge in [0, 0.05) is 21.7 Å². The fourth-order valence-corrected chi connectivity index (χ4v) is 7.14. The van der Waals surface area contributed by atoms with Crippen LogP contribution in [0.1, 0.15) is 58.1 Å². The number of rotatable bonds is 7. The number of nitrogens with one attached hydrogen (secondary N) is 1. The molecule has 1 saturated carbocycles. The summed E-state index contributed by atoms with van der Waals surface area (Å²) in [6.45, 7) is 2.00. The zero-order valence-corrected chi connectivity index (χ0v) is 17.7. The number of methoxy groups -OCH3 is 1. The Balaban J connectivity index is 1.84. The van der Waals surface area contributed by atoms with E-state index in [1.807, 2.05) is 12.1 Å². The molecule has 0 aliphatic heterocycles. The molecule has 27 heavy (non-hydrogen) atoms. The molecule has 0 radical (unpaired) electrons. The predicted molar refractivity (Wildman–Crippen MR) is 106 cm³/mol. The molecule has 1 unspecified atom stereocenters. The Bertz CT molecular complexity index is 907. The maximum atomic E-state index is 12.8. The normalized spacial score (nSPS) is 17.7. The van der Waals surface area contributed by atoms with E-state index < -0.39 is 22.1 Å². The van der Waals surface area contributed by atoms with Crippen LogP contribution in [-0.4, -0.2) is 33.1 Å². The first-order valence-corrected chi connectivity index (χ1v) is 11.9. The maximum Gasteiger partial charge on any atom is 0.349 e. The number of hydrogen-bond donors (Lipinski definition) is 2. The Labute approximate surface area is 167 Å². The number of esters is 1. The minimum absolute atomic E-state index is 0.0386. The highest BCUT2D eigenvalue weighted by atomic mass is 32.2. The van der Waals surface area contributed by atoms with E-state index >= 15 is 0 Å². The Morgan fingerprint density at radius 2 is 2.04 bits per heavy atom. The van der Waals surface area contributed by atoms with Crippen molar-refractivity contribution in [1.29, 1.82) is 0 Å². The Morgan fingerprint density at radius 1 is 1.33 bits per heavy atom. The van der Waals surface area contributed by atoms with Crippen LogP contribution >= 0.6 is 22.7 Å². The summed E-state index contributed by atoms with van der Waals surface area (Å²) in [6, 6.07) is 5.33. The van der Waals surface area contributed by atoms with Crippen molar-refractivity contribution in [3.63, 3.8) is 0 Å². The molecule has 3 rings (SSSR count). The van der Waals surface area contributed by atoms with E-state index in [-0.39, 0.29) is 21.7 Å². The molecule has 0 saturated heterocycles. The van der Waals surface area contributed by atoms with E-state index in [0.29, 0.717) is 0 Å². The second-order valence-corrected chi connectivity index (χ2v) is 10.6. The van der Waals surface area contributed by atoms with Gasteiger partial charge in [-0.3, -0.25) is 0 Å². The van der Waals surface area contributed by atoms with Crippen molar-refractivity contribution in [2.75, 3.05) is 13.7 Å². The highest BCUT2D eigenvalue weighted by Crippen LogP contribution is 2.44. The number of hydrogen-bond acceptors (Lipinski definition) is 7. The van der Waals surface area contributed by atoms with Crippen LogP contribution in [0.5, 0.6) is 0 Å². The predicted octanol–water partition coefficient (Wildman–Crippen LogP) is 3.44. The largest absolute Gasteiger partial charge is 0.465 e. The van der Waals surface area contributed by atoms with Gasteiger partial charge in [-0.2, -0.15) is 0 Å². The number of carbonyl (C=O) groups excluding carboxylic acids is 1. The third-order valence-corrected chi connectivity index (χ3v) is 8.98. The molecule has 0 bridgehead atoms. The number of aliphatic hydroxyl groups excluding tert-OH is 1. The van der Waals surface area contributed by atoms with E-state index in [4.69, 9.17) is 0 Å². The van der Waals surface area contributed by atoms with Crippen LogP contribution < -0.4 is 4.72 Å². The van der Waals surface area contributed by atoms with E-state index in [0.717, 1.165) is 46.8 Å². The summed E-state index contributed by atoms with van der Waals surface area (Å²) in [6.07, 6.45) is 3.32. The van der Waals surface area contributed by atoms with Gasteiger partial charge in [0.2, 0.25) is 10.0 Å². The molecule has 2 aromatic heterocycles. The molecule has 0 amide bonds. The number of sulfonamides is 1. The lowest BCUT2D eigenvalue weighted by Crippen LogP contribution is -2.38. The average Bonchev–Trinajstić information content (AvgIpc) is 3.39. The lowest BCUT2D eigenvalue weighted by Gasteiger charge is -2.28. The first-order chi connectivity index (χ1) is 12.8. The van der Waals surface area contributed by atoms with Gasteiger partial charge < -0.3 is 9.84 Å². The van der Waals surface area contributed by atoms with E-state index in [2.05, 4.69) is 9.46 Å². The van der Waals surface area contributed by atoms with Gasteiger partial charge in [0.25, 0.3) is 0 Å². The molecule has 1 aliphatic rings. The molecule has 6 nitrogen and oxygen atoms in total. The van der Waals surface area contributed by atoms with Crippen molar-refractivity contribution >= 4 is 38.7 Å². The molecule has 148 valence electrons. The standard InChI is InChI=1S/C18H23NO5S3/c1-12(20)13-5-6-15(26-13)18(8-3-4-9-18)11-19-27(22,23)14-7-10-25-16(14)17(21)24-2/h5-7,10,12,19-20H,3-4,8-9,11H2,1-2H3. The maximum absolute atomic E-state index is 12.8. The molecule has 1 fully saturated rings. The summed E-state index contributed by atoms with van der Waals surface area (Å²) < 4.78 is 33.1. The lowest BCUT2D eigenvalue weighted by molar-refractivity contribution is 0.0602. The van der Waals surface area contributed by atoms with Gasteiger partial charge in [-0.15, -0.1) is 22.7 Å². The Morgan fingerprint density at radius 3 is 2.63 bits per heavy atom. The molecule has 2 aromatic rings. The topological polar surface area (TPSA) is 92.7 Å². The zero-order chi connectivity index (χ0) is 19.7. The van der Waals surface area contributed by atoms with E-state index in [9.17, 15) is 18.3 Å². The fourth-order valence-electron chi connectivity index (χ4n) is 3.49. The minimum Gasteiger partial charge on any atom is -0.465 e. The van der Waals surface area contributed by atoms with Crippen molar-refractivity contribution in [2.45, 2.75) is 49.0 Å². The van der Waals surface area contributed by atoms with Gasteiger partial charge in [-0.25, -0.2) is 17.9 Å². The Hall–Kier alpha value is -1.26. The van der Waals surface area contributed by atoms with Gasteiger partial charge in [-0.05, 0) is 43.3 Å². The van der Waals surface area contributed by atoms with Gasteiger partial charge in [0.05, 0.1) is 13.2 Å². The van der Waals surface area contributed by atoms with Crippen molar-refractivity contribution in [3.8, 4) is 0 Å².